The predicted octanol–water partition coefficient (Wildman–Crippen LogP) is 2.72. The summed E-state index contributed by atoms with van der Waals surface area (Å²) in [5.74, 6) is 0.518. The molecule has 0 radical (unpaired) electrons. The quantitative estimate of drug-likeness (QED) is 0.272. The summed E-state index contributed by atoms with van der Waals surface area (Å²) in [5, 5.41) is 11.3. The van der Waals surface area contributed by atoms with E-state index in [1.165, 1.54) is 18.4 Å². The lowest BCUT2D eigenvalue weighted by Crippen LogP contribution is -2.41. The van der Waals surface area contributed by atoms with Gasteiger partial charge >= 0.3 is 0 Å². The average Bonchev–Trinajstić information content (AvgIpc) is 3.02. The zero-order valence-electron chi connectivity index (χ0n) is 15.0. The van der Waals surface area contributed by atoms with Gasteiger partial charge in [-0.05, 0) is 37.5 Å². The molecule has 1 aliphatic carbocycles. The van der Waals surface area contributed by atoms with Gasteiger partial charge in [0.1, 0.15) is 0 Å². The monoisotopic (exact) mass is 558 g/mol. The molecule has 0 aromatic heterocycles. The van der Waals surface area contributed by atoms with Crippen molar-refractivity contribution in [3.63, 3.8) is 0 Å². The van der Waals surface area contributed by atoms with Crippen molar-refractivity contribution in [1.82, 2.24) is 10.6 Å². The smallest absolute Gasteiger partial charge is 0.210 e. The molecule has 2 rings (SSSR count). The van der Waals surface area contributed by atoms with E-state index in [1.807, 2.05) is 6.92 Å². The summed E-state index contributed by atoms with van der Waals surface area (Å²) in [6.07, 6.45) is 4.66. The molecule has 0 bridgehead atoms. The minimum Gasteiger partial charge on any atom is -0.357 e. The van der Waals surface area contributed by atoms with Crippen LogP contribution < -0.4 is 15.8 Å². The van der Waals surface area contributed by atoms with Crippen molar-refractivity contribution in [2.45, 2.75) is 38.0 Å². The summed E-state index contributed by atoms with van der Waals surface area (Å²) in [6, 6.07) is 8.50. The number of nitrogens with one attached hydrogen (secondary N) is 2. The molecular formula is C17H28BrIN4O2S. The van der Waals surface area contributed by atoms with Crippen LogP contribution in [-0.4, -0.2) is 39.8 Å². The molecule has 0 aliphatic heterocycles. The van der Waals surface area contributed by atoms with E-state index in [-0.39, 0.29) is 41.7 Å². The van der Waals surface area contributed by atoms with E-state index in [0.717, 1.165) is 17.3 Å². The summed E-state index contributed by atoms with van der Waals surface area (Å²) in [5.41, 5.74) is 1.38. The number of primary sulfonamides is 1. The van der Waals surface area contributed by atoms with Gasteiger partial charge in [-0.3, -0.25) is 4.99 Å². The van der Waals surface area contributed by atoms with Gasteiger partial charge < -0.3 is 10.6 Å². The number of nitrogens with two attached hydrogens (primary N) is 1. The Bertz CT molecular complexity index is 689. The number of nitrogens with zero attached hydrogens (tertiary/aromatic N) is 1. The van der Waals surface area contributed by atoms with Gasteiger partial charge in [0.2, 0.25) is 10.0 Å². The van der Waals surface area contributed by atoms with Crippen molar-refractivity contribution < 1.29 is 8.42 Å². The SMILES string of the molecule is CCNC(=NCC1(c2ccc(Br)cc2)CCCC1)NCCS(N)(=O)=O.I. The molecule has 26 heavy (non-hydrogen) atoms. The van der Waals surface area contributed by atoms with Gasteiger partial charge in [0.25, 0.3) is 0 Å². The lowest BCUT2D eigenvalue weighted by molar-refractivity contribution is 0.452. The molecule has 1 aliphatic rings. The second kappa shape index (κ2) is 10.8. The minimum atomic E-state index is -3.47. The van der Waals surface area contributed by atoms with Crippen molar-refractivity contribution in [3.8, 4) is 0 Å². The number of guanidine groups is 1. The molecule has 4 N–H and O–H groups in total. The average molecular weight is 559 g/mol. The molecule has 1 saturated carbocycles. The first-order valence-corrected chi connectivity index (χ1v) is 11.1. The fourth-order valence-electron chi connectivity index (χ4n) is 3.28. The number of benzene rings is 1. The Hall–Kier alpha value is -0.390. The topological polar surface area (TPSA) is 96.6 Å². The largest absolute Gasteiger partial charge is 0.357 e. The highest BCUT2D eigenvalue weighted by Crippen LogP contribution is 2.41. The third-order valence-corrected chi connectivity index (χ3v) is 5.88. The molecule has 0 saturated heterocycles. The van der Waals surface area contributed by atoms with Crippen LogP contribution in [0.25, 0.3) is 0 Å². The summed E-state index contributed by atoms with van der Waals surface area (Å²) in [7, 11) is -3.47. The standard InChI is InChI=1S/C17H27BrN4O2S.HI/c1-2-20-16(21-11-12-25(19,23)24)22-13-17(9-3-4-10-17)14-5-7-15(18)8-6-14;/h5-8H,2-4,9-13H2,1H3,(H2,19,23,24)(H2,20,21,22);1H. The Labute approximate surface area is 182 Å². The van der Waals surface area contributed by atoms with Gasteiger partial charge in [0.05, 0.1) is 12.3 Å². The van der Waals surface area contributed by atoms with Crippen LogP contribution >= 0.6 is 39.9 Å². The van der Waals surface area contributed by atoms with E-state index in [1.54, 1.807) is 0 Å². The van der Waals surface area contributed by atoms with E-state index in [4.69, 9.17) is 10.1 Å². The van der Waals surface area contributed by atoms with Gasteiger partial charge in [0, 0.05) is 23.0 Å². The molecule has 0 amide bonds. The molecular weight excluding hydrogens is 531 g/mol. The first-order chi connectivity index (χ1) is 11.8. The summed E-state index contributed by atoms with van der Waals surface area (Å²) in [6.45, 7) is 3.62. The molecule has 1 aromatic rings. The van der Waals surface area contributed by atoms with Crippen LogP contribution in [0.4, 0.5) is 0 Å². The van der Waals surface area contributed by atoms with Gasteiger partial charge in [-0.1, -0.05) is 40.9 Å². The number of hydrogen-bond acceptors (Lipinski definition) is 3. The van der Waals surface area contributed by atoms with E-state index in [0.29, 0.717) is 19.0 Å². The predicted molar refractivity (Wildman–Crippen MR) is 122 cm³/mol. The normalized spacial score (nSPS) is 16.8. The number of halogens is 2. The van der Waals surface area contributed by atoms with Crippen molar-refractivity contribution in [3.05, 3.63) is 34.3 Å². The van der Waals surface area contributed by atoms with Gasteiger partial charge in [-0.25, -0.2) is 13.6 Å². The summed E-state index contributed by atoms with van der Waals surface area (Å²) < 4.78 is 23.2. The van der Waals surface area contributed by atoms with E-state index in [2.05, 4.69) is 50.8 Å². The van der Waals surface area contributed by atoms with E-state index >= 15 is 0 Å². The molecule has 9 heteroatoms. The van der Waals surface area contributed by atoms with Crippen molar-refractivity contribution in [1.29, 1.82) is 0 Å². The van der Waals surface area contributed by atoms with Crippen LogP contribution in [0.1, 0.15) is 38.2 Å². The molecule has 0 unspecified atom stereocenters. The maximum Gasteiger partial charge on any atom is 0.210 e. The van der Waals surface area contributed by atoms with Gasteiger partial charge in [0.15, 0.2) is 5.96 Å². The number of hydrogen-bond donors (Lipinski definition) is 3. The third-order valence-electron chi connectivity index (χ3n) is 4.58. The molecule has 148 valence electrons. The Kier molecular flexibility index (Phi) is 9.84. The zero-order valence-corrected chi connectivity index (χ0v) is 19.7. The van der Waals surface area contributed by atoms with Crippen molar-refractivity contribution >= 4 is 55.9 Å². The van der Waals surface area contributed by atoms with Gasteiger partial charge in [-0.15, -0.1) is 24.0 Å². The Balaban J connectivity index is 0.00000338. The summed E-state index contributed by atoms with van der Waals surface area (Å²) in [4.78, 5) is 4.73. The Morgan fingerprint density at radius 3 is 2.38 bits per heavy atom. The van der Waals surface area contributed by atoms with Crippen molar-refractivity contribution in [2.24, 2.45) is 10.1 Å². The zero-order chi connectivity index (χ0) is 18.3. The second-order valence-electron chi connectivity index (χ2n) is 6.48. The molecule has 6 nitrogen and oxygen atoms in total. The molecule has 1 aromatic carbocycles. The van der Waals surface area contributed by atoms with Crippen LogP contribution in [0.15, 0.2) is 33.7 Å². The van der Waals surface area contributed by atoms with Crippen LogP contribution in [-0.2, 0) is 15.4 Å². The van der Waals surface area contributed by atoms with E-state index in [9.17, 15) is 8.42 Å². The molecule has 0 heterocycles. The van der Waals surface area contributed by atoms with Gasteiger partial charge in [-0.2, -0.15) is 0 Å². The molecule has 0 spiro atoms. The first kappa shape index (κ1) is 23.6. The highest BCUT2D eigenvalue weighted by Gasteiger charge is 2.35. The summed E-state index contributed by atoms with van der Waals surface area (Å²) >= 11 is 3.49. The van der Waals surface area contributed by atoms with Crippen LogP contribution in [0.2, 0.25) is 0 Å². The van der Waals surface area contributed by atoms with E-state index < -0.39 is 10.0 Å². The highest BCUT2D eigenvalue weighted by molar-refractivity contribution is 14.0. The van der Waals surface area contributed by atoms with Crippen molar-refractivity contribution in [2.75, 3.05) is 25.4 Å². The van der Waals surface area contributed by atoms with Crippen LogP contribution in [0.5, 0.6) is 0 Å². The number of aliphatic imine (C=N–C) groups is 1. The maximum atomic E-state index is 11.1. The second-order valence-corrected chi connectivity index (χ2v) is 9.13. The molecule has 1 fully saturated rings. The fraction of sp³-hybridized carbons (Fsp3) is 0.588. The van der Waals surface area contributed by atoms with Crippen LogP contribution in [0.3, 0.4) is 0 Å². The highest BCUT2D eigenvalue weighted by atomic mass is 127. The third kappa shape index (κ3) is 7.32. The Morgan fingerprint density at radius 2 is 1.85 bits per heavy atom. The Morgan fingerprint density at radius 1 is 1.23 bits per heavy atom. The molecule has 0 atom stereocenters. The number of rotatable bonds is 7. The minimum absolute atomic E-state index is 0. The first-order valence-electron chi connectivity index (χ1n) is 8.63. The lowest BCUT2D eigenvalue weighted by atomic mass is 9.79. The maximum absolute atomic E-state index is 11.1. The fourth-order valence-corrected chi connectivity index (χ4v) is 3.93. The lowest BCUT2D eigenvalue weighted by Gasteiger charge is -2.28. The van der Waals surface area contributed by atoms with Crippen LogP contribution in [0, 0.1) is 0 Å². The number of sulfonamides is 1.